The summed E-state index contributed by atoms with van der Waals surface area (Å²) in [6.07, 6.45) is 6.65. The summed E-state index contributed by atoms with van der Waals surface area (Å²) >= 11 is 6.07. The summed E-state index contributed by atoms with van der Waals surface area (Å²) in [6.45, 7) is 2.37. The minimum Gasteiger partial charge on any atom is -0.494 e. The summed E-state index contributed by atoms with van der Waals surface area (Å²) in [4.78, 5) is 15.1. The zero-order chi connectivity index (χ0) is 17.1. The molecule has 1 aromatic rings. The number of rotatable bonds is 4. The van der Waals surface area contributed by atoms with E-state index in [1.165, 1.54) is 38.8 Å². The van der Waals surface area contributed by atoms with Gasteiger partial charge in [0.25, 0.3) is 0 Å². The van der Waals surface area contributed by atoms with Crippen molar-refractivity contribution in [3.8, 4) is 5.75 Å². The van der Waals surface area contributed by atoms with Crippen LogP contribution in [0.5, 0.6) is 5.75 Å². The smallest absolute Gasteiger partial charge is 0.224 e. The van der Waals surface area contributed by atoms with Crippen LogP contribution in [0.4, 0.5) is 11.4 Å². The third-order valence-corrected chi connectivity index (χ3v) is 5.60. The van der Waals surface area contributed by atoms with Gasteiger partial charge in [-0.1, -0.05) is 18.0 Å². The summed E-state index contributed by atoms with van der Waals surface area (Å²) < 4.78 is 5.30. The number of fused-ring (bicyclic) bond motifs is 1. The maximum absolute atomic E-state index is 12.6. The fraction of sp³-hybridized carbons (Fsp3) is 0.611. The molecule has 3 rings (SSSR count). The molecule has 132 valence electrons. The highest BCUT2D eigenvalue weighted by Gasteiger charge is 2.34. The average molecular weight is 352 g/mol. The summed E-state index contributed by atoms with van der Waals surface area (Å²) in [5.74, 6) is 0.994. The molecule has 2 aliphatic rings. The van der Waals surface area contributed by atoms with E-state index in [0.717, 1.165) is 6.42 Å². The largest absolute Gasteiger partial charge is 0.494 e. The number of nitrogen functional groups attached to an aromatic ring is 1. The SMILES string of the molecule is COc1cc(N)c(Cl)cc1NC(=O)C[C@@H]1CCCN2CCCC[C@H]12. The number of hydrogen-bond acceptors (Lipinski definition) is 4. The molecule has 0 bridgehead atoms. The van der Waals surface area contributed by atoms with Crippen LogP contribution < -0.4 is 15.8 Å². The normalized spacial score (nSPS) is 24.2. The van der Waals surface area contributed by atoms with Crippen LogP contribution in [0.1, 0.15) is 38.5 Å². The van der Waals surface area contributed by atoms with Crippen molar-refractivity contribution in [1.29, 1.82) is 0 Å². The van der Waals surface area contributed by atoms with E-state index in [-0.39, 0.29) is 5.91 Å². The van der Waals surface area contributed by atoms with Gasteiger partial charge in [0.1, 0.15) is 5.75 Å². The number of anilines is 2. The molecule has 2 atom stereocenters. The Bertz CT molecular complexity index is 606. The Kier molecular flexibility index (Phi) is 5.51. The number of nitrogens with two attached hydrogens (primary N) is 1. The van der Waals surface area contributed by atoms with E-state index in [0.29, 0.717) is 40.5 Å². The quantitative estimate of drug-likeness (QED) is 0.814. The van der Waals surface area contributed by atoms with E-state index in [9.17, 15) is 4.79 Å². The molecule has 2 heterocycles. The lowest BCUT2D eigenvalue weighted by Gasteiger charge is -2.44. The maximum atomic E-state index is 12.6. The van der Waals surface area contributed by atoms with E-state index < -0.39 is 0 Å². The van der Waals surface area contributed by atoms with Gasteiger partial charge in [-0.2, -0.15) is 0 Å². The number of methoxy groups -OCH3 is 1. The number of ether oxygens (including phenoxy) is 1. The molecule has 2 saturated heterocycles. The second-order valence-electron chi connectivity index (χ2n) is 6.83. The molecule has 2 aliphatic heterocycles. The van der Waals surface area contributed by atoms with Gasteiger partial charge in [0.05, 0.1) is 23.5 Å². The third kappa shape index (κ3) is 3.78. The standard InChI is InChI=1S/C18H26ClN3O2/c1-24-17-11-14(20)13(19)10-15(17)21-18(23)9-12-5-4-8-22-7-3-2-6-16(12)22/h10-12,16H,2-9,20H2,1H3,(H,21,23)/t12-,16+/m0/s1. The molecule has 2 fully saturated rings. The number of carbonyl (C=O) groups is 1. The summed E-state index contributed by atoms with van der Waals surface area (Å²) in [5.41, 5.74) is 6.81. The molecule has 1 amide bonds. The van der Waals surface area contributed by atoms with E-state index in [1.807, 2.05) is 0 Å². The average Bonchev–Trinajstić information content (AvgIpc) is 2.58. The molecule has 3 N–H and O–H groups in total. The molecule has 5 nitrogen and oxygen atoms in total. The molecule has 1 aromatic carbocycles. The number of hydrogen-bond donors (Lipinski definition) is 2. The van der Waals surface area contributed by atoms with Crippen LogP contribution in [0, 0.1) is 5.92 Å². The van der Waals surface area contributed by atoms with Crippen molar-refractivity contribution < 1.29 is 9.53 Å². The van der Waals surface area contributed by atoms with E-state index in [2.05, 4.69) is 10.2 Å². The first kappa shape index (κ1) is 17.4. The van der Waals surface area contributed by atoms with Crippen molar-refractivity contribution in [1.82, 2.24) is 4.90 Å². The fourth-order valence-corrected chi connectivity index (χ4v) is 4.25. The second-order valence-corrected chi connectivity index (χ2v) is 7.23. The minimum atomic E-state index is 0.0200. The number of halogens is 1. The van der Waals surface area contributed by atoms with Gasteiger partial charge in [-0.25, -0.2) is 0 Å². The number of nitrogens with zero attached hydrogens (tertiary/aromatic N) is 1. The minimum absolute atomic E-state index is 0.0200. The third-order valence-electron chi connectivity index (χ3n) is 5.27. The molecule has 0 radical (unpaired) electrons. The van der Waals surface area contributed by atoms with Gasteiger partial charge in [0.15, 0.2) is 0 Å². The van der Waals surface area contributed by atoms with Crippen LogP contribution in [0.2, 0.25) is 5.02 Å². The lowest BCUT2D eigenvalue weighted by molar-refractivity contribution is -0.118. The van der Waals surface area contributed by atoms with Gasteiger partial charge in [-0.15, -0.1) is 0 Å². The van der Waals surface area contributed by atoms with Gasteiger partial charge in [0.2, 0.25) is 5.91 Å². The Balaban J connectivity index is 1.66. The van der Waals surface area contributed by atoms with Crippen LogP contribution in [0.25, 0.3) is 0 Å². The Hall–Kier alpha value is -1.46. The maximum Gasteiger partial charge on any atom is 0.224 e. The highest BCUT2D eigenvalue weighted by atomic mass is 35.5. The zero-order valence-electron chi connectivity index (χ0n) is 14.2. The van der Waals surface area contributed by atoms with Crippen LogP contribution in [0.15, 0.2) is 12.1 Å². The molecule has 0 spiro atoms. The van der Waals surface area contributed by atoms with Crippen LogP contribution in [-0.2, 0) is 4.79 Å². The van der Waals surface area contributed by atoms with E-state index in [4.69, 9.17) is 22.1 Å². The Morgan fingerprint density at radius 3 is 2.92 bits per heavy atom. The number of carbonyl (C=O) groups excluding carboxylic acids is 1. The van der Waals surface area contributed by atoms with Crippen LogP contribution in [-0.4, -0.2) is 37.0 Å². The van der Waals surface area contributed by atoms with Crippen LogP contribution >= 0.6 is 11.6 Å². The van der Waals surface area contributed by atoms with Crippen molar-refractivity contribution in [2.45, 2.75) is 44.6 Å². The Labute approximate surface area is 148 Å². The molecule has 0 aliphatic carbocycles. The Morgan fingerprint density at radius 2 is 2.12 bits per heavy atom. The summed E-state index contributed by atoms with van der Waals surface area (Å²) in [7, 11) is 1.55. The van der Waals surface area contributed by atoms with Gasteiger partial charge in [-0.05, 0) is 50.8 Å². The highest BCUT2D eigenvalue weighted by Crippen LogP contribution is 2.35. The van der Waals surface area contributed by atoms with Gasteiger partial charge >= 0.3 is 0 Å². The predicted octanol–water partition coefficient (Wildman–Crippen LogP) is 3.52. The van der Waals surface area contributed by atoms with Gasteiger partial charge < -0.3 is 20.7 Å². The van der Waals surface area contributed by atoms with Crippen molar-refractivity contribution in [2.75, 3.05) is 31.2 Å². The first-order chi connectivity index (χ1) is 11.6. The number of benzene rings is 1. The number of amides is 1. The molecule has 0 aromatic heterocycles. The molecule has 24 heavy (non-hydrogen) atoms. The Morgan fingerprint density at radius 1 is 1.33 bits per heavy atom. The van der Waals surface area contributed by atoms with E-state index >= 15 is 0 Å². The molecular formula is C18H26ClN3O2. The first-order valence-electron chi connectivity index (χ1n) is 8.75. The van der Waals surface area contributed by atoms with E-state index in [1.54, 1.807) is 19.2 Å². The molecule has 0 unspecified atom stereocenters. The monoisotopic (exact) mass is 351 g/mol. The molecule has 0 saturated carbocycles. The van der Waals surface area contributed by atoms with Gasteiger partial charge in [0, 0.05) is 18.5 Å². The first-order valence-corrected chi connectivity index (χ1v) is 9.13. The van der Waals surface area contributed by atoms with Crippen molar-refractivity contribution in [3.05, 3.63) is 17.2 Å². The van der Waals surface area contributed by atoms with Crippen molar-refractivity contribution in [3.63, 3.8) is 0 Å². The van der Waals surface area contributed by atoms with Crippen LogP contribution in [0.3, 0.4) is 0 Å². The lowest BCUT2D eigenvalue weighted by Crippen LogP contribution is -2.48. The highest BCUT2D eigenvalue weighted by molar-refractivity contribution is 6.33. The summed E-state index contributed by atoms with van der Waals surface area (Å²) in [5, 5.41) is 3.37. The zero-order valence-corrected chi connectivity index (χ0v) is 14.9. The number of piperidine rings is 2. The van der Waals surface area contributed by atoms with Gasteiger partial charge in [-0.3, -0.25) is 4.79 Å². The van der Waals surface area contributed by atoms with Crippen molar-refractivity contribution in [2.24, 2.45) is 5.92 Å². The second kappa shape index (κ2) is 7.62. The predicted molar refractivity (Wildman–Crippen MR) is 97.6 cm³/mol. The topological polar surface area (TPSA) is 67.6 Å². The summed E-state index contributed by atoms with van der Waals surface area (Å²) in [6, 6.07) is 3.86. The molecule has 6 heteroatoms. The molecular weight excluding hydrogens is 326 g/mol. The van der Waals surface area contributed by atoms with Crippen molar-refractivity contribution >= 4 is 28.9 Å². The fourth-order valence-electron chi connectivity index (χ4n) is 4.09. The lowest BCUT2D eigenvalue weighted by atomic mass is 9.81. The number of nitrogens with one attached hydrogen (secondary N) is 1.